The van der Waals surface area contributed by atoms with Crippen LogP contribution in [0.3, 0.4) is 0 Å². The van der Waals surface area contributed by atoms with E-state index in [1.165, 1.54) is 16.7 Å². The van der Waals surface area contributed by atoms with Crippen LogP contribution in [0, 0.1) is 0 Å². The fourth-order valence-electron chi connectivity index (χ4n) is 3.22. The third kappa shape index (κ3) is 4.34. The van der Waals surface area contributed by atoms with Crippen LogP contribution in [0.5, 0.6) is 0 Å². The number of nitrogens with one attached hydrogen (secondary N) is 1. The van der Waals surface area contributed by atoms with E-state index in [-0.39, 0.29) is 0 Å². The molecule has 27 heavy (non-hydrogen) atoms. The average molecular weight is 407 g/mol. The summed E-state index contributed by atoms with van der Waals surface area (Å²) in [6.45, 7) is 3.39. The van der Waals surface area contributed by atoms with Crippen molar-refractivity contribution in [3.05, 3.63) is 48.1 Å². The van der Waals surface area contributed by atoms with Gasteiger partial charge in [0.15, 0.2) is 0 Å². The summed E-state index contributed by atoms with van der Waals surface area (Å²) < 4.78 is 24.8. The first kappa shape index (κ1) is 18.5. The van der Waals surface area contributed by atoms with Crippen LogP contribution >= 0.6 is 11.8 Å². The van der Waals surface area contributed by atoms with Crippen LogP contribution in [0.25, 0.3) is 4.91 Å². The van der Waals surface area contributed by atoms with E-state index in [0.717, 1.165) is 36.9 Å². The molecule has 4 rings (SSSR count). The quantitative estimate of drug-likeness (QED) is 0.803. The van der Waals surface area contributed by atoms with Crippen molar-refractivity contribution in [2.24, 2.45) is 0 Å². The largest absolute Gasteiger partial charge is 0.322 e. The van der Waals surface area contributed by atoms with Gasteiger partial charge in [0.2, 0.25) is 10.0 Å². The molecule has 0 unspecified atom stereocenters. The van der Waals surface area contributed by atoms with Crippen LogP contribution in [0.4, 0.5) is 5.82 Å². The lowest BCUT2D eigenvalue weighted by Crippen LogP contribution is -2.47. The minimum Gasteiger partial charge on any atom is -0.322 e. The lowest BCUT2D eigenvalue weighted by Gasteiger charge is -2.33. The second kappa shape index (κ2) is 7.63. The summed E-state index contributed by atoms with van der Waals surface area (Å²) >= 11 is 1.76. The van der Waals surface area contributed by atoms with E-state index in [4.69, 9.17) is 0 Å². The standard InChI is InChI=1S/C17H22N6O2S2/c1-27(24,25)23-6-4-21(5-7-23)11-14-2-3-18-17(8-14)22-12-16(26-13-22)15-9-19-20-10-15/h2-3,8-10,12H,4-7,11,13H2,1H3,(H,19,20). The summed E-state index contributed by atoms with van der Waals surface area (Å²) in [5.41, 5.74) is 2.27. The van der Waals surface area contributed by atoms with Crippen LogP contribution < -0.4 is 4.90 Å². The van der Waals surface area contributed by atoms with Gasteiger partial charge in [-0.05, 0) is 17.7 Å². The first-order valence-corrected chi connectivity index (χ1v) is 11.6. The number of H-pyrrole nitrogens is 1. The summed E-state index contributed by atoms with van der Waals surface area (Å²) in [5, 5.41) is 6.85. The van der Waals surface area contributed by atoms with Crippen molar-refractivity contribution in [1.29, 1.82) is 0 Å². The molecule has 4 heterocycles. The highest BCUT2D eigenvalue weighted by atomic mass is 32.2. The normalized spacial score (nSPS) is 19.4. The predicted molar refractivity (Wildman–Crippen MR) is 107 cm³/mol. The molecule has 2 aromatic rings. The third-order valence-electron chi connectivity index (χ3n) is 4.73. The molecule has 10 heteroatoms. The molecule has 144 valence electrons. The Morgan fingerprint density at radius 2 is 2.07 bits per heavy atom. The first-order chi connectivity index (χ1) is 13.0. The van der Waals surface area contributed by atoms with E-state index in [0.29, 0.717) is 13.1 Å². The number of thioether (sulfide) groups is 1. The Hall–Kier alpha value is -1.88. The lowest BCUT2D eigenvalue weighted by molar-refractivity contribution is 0.182. The van der Waals surface area contributed by atoms with Crippen molar-refractivity contribution in [3.8, 4) is 0 Å². The number of nitrogens with zero attached hydrogens (tertiary/aromatic N) is 5. The molecule has 0 radical (unpaired) electrons. The molecule has 1 saturated heterocycles. The third-order valence-corrected chi connectivity index (χ3v) is 7.09. The van der Waals surface area contributed by atoms with Crippen molar-refractivity contribution < 1.29 is 8.42 Å². The molecule has 8 nitrogen and oxygen atoms in total. The minimum atomic E-state index is -3.09. The molecule has 0 atom stereocenters. The molecule has 2 aliphatic heterocycles. The Kier molecular flexibility index (Phi) is 5.22. The van der Waals surface area contributed by atoms with E-state index in [2.05, 4.69) is 37.2 Å². The molecule has 0 spiro atoms. The van der Waals surface area contributed by atoms with Gasteiger partial charge in [-0.25, -0.2) is 13.4 Å². The van der Waals surface area contributed by atoms with Gasteiger partial charge in [0.1, 0.15) is 5.82 Å². The molecule has 1 N–H and O–H groups in total. The summed E-state index contributed by atoms with van der Waals surface area (Å²) in [5.74, 6) is 1.75. The average Bonchev–Trinajstić information content (AvgIpc) is 3.33. The molecule has 0 amide bonds. The first-order valence-electron chi connectivity index (χ1n) is 8.72. The van der Waals surface area contributed by atoms with Gasteiger partial charge in [0, 0.05) is 61.8 Å². The van der Waals surface area contributed by atoms with E-state index in [9.17, 15) is 8.42 Å². The number of anilines is 1. The zero-order valence-electron chi connectivity index (χ0n) is 15.1. The van der Waals surface area contributed by atoms with E-state index < -0.39 is 10.0 Å². The van der Waals surface area contributed by atoms with E-state index in [1.54, 1.807) is 16.1 Å². The monoisotopic (exact) mass is 406 g/mol. The van der Waals surface area contributed by atoms with Crippen LogP contribution in [0.2, 0.25) is 0 Å². The van der Waals surface area contributed by atoms with Gasteiger partial charge in [-0.2, -0.15) is 9.40 Å². The Balaban J connectivity index is 1.40. The number of aromatic amines is 1. The summed E-state index contributed by atoms with van der Waals surface area (Å²) in [6, 6.07) is 4.13. The van der Waals surface area contributed by atoms with Crippen molar-refractivity contribution >= 4 is 32.5 Å². The number of hydrogen-bond donors (Lipinski definition) is 1. The van der Waals surface area contributed by atoms with Gasteiger partial charge in [0.05, 0.1) is 18.3 Å². The molecule has 2 aliphatic rings. The van der Waals surface area contributed by atoms with Gasteiger partial charge in [-0.1, -0.05) is 0 Å². The molecule has 0 bridgehead atoms. The zero-order valence-corrected chi connectivity index (χ0v) is 16.7. The second-order valence-corrected chi connectivity index (χ2v) is 9.65. The Morgan fingerprint density at radius 1 is 1.26 bits per heavy atom. The molecule has 0 saturated carbocycles. The van der Waals surface area contributed by atoms with Crippen LogP contribution in [-0.2, 0) is 16.6 Å². The highest BCUT2D eigenvalue weighted by Gasteiger charge is 2.23. The highest BCUT2D eigenvalue weighted by Crippen LogP contribution is 2.35. The van der Waals surface area contributed by atoms with Gasteiger partial charge in [0.25, 0.3) is 0 Å². The Labute approximate surface area is 163 Å². The second-order valence-electron chi connectivity index (χ2n) is 6.68. The number of piperazine rings is 1. The number of aromatic nitrogens is 3. The Bertz CT molecular complexity index is 921. The summed E-state index contributed by atoms with van der Waals surface area (Å²) in [4.78, 5) is 10.1. The van der Waals surface area contributed by atoms with Crippen LogP contribution in [-0.4, -0.2) is 71.1 Å². The van der Waals surface area contributed by atoms with E-state index in [1.807, 2.05) is 24.7 Å². The lowest BCUT2D eigenvalue weighted by atomic mass is 10.2. The van der Waals surface area contributed by atoms with Crippen molar-refractivity contribution in [2.75, 3.05) is 43.2 Å². The maximum Gasteiger partial charge on any atom is 0.211 e. The summed E-state index contributed by atoms with van der Waals surface area (Å²) in [6.07, 6.45) is 8.93. The maximum absolute atomic E-state index is 11.6. The molecule has 2 aromatic heterocycles. The maximum atomic E-state index is 11.6. The number of sulfonamides is 1. The highest BCUT2D eigenvalue weighted by molar-refractivity contribution is 8.08. The molecule has 1 fully saturated rings. The van der Waals surface area contributed by atoms with Gasteiger partial charge >= 0.3 is 0 Å². The number of hydrogen-bond acceptors (Lipinski definition) is 7. The molecule has 0 aromatic carbocycles. The smallest absolute Gasteiger partial charge is 0.211 e. The molecule has 0 aliphatic carbocycles. The van der Waals surface area contributed by atoms with Crippen LogP contribution in [0.1, 0.15) is 11.1 Å². The Morgan fingerprint density at radius 3 is 2.78 bits per heavy atom. The van der Waals surface area contributed by atoms with E-state index >= 15 is 0 Å². The minimum absolute atomic E-state index is 0.552. The van der Waals surface area contributed by atoms with Gasteiger partial charge < -0.3 is 4.90 Å². The zero-order chi connectivity index (χ0) is 18.9. The van der Waals surface area contributed by atoms with Crippen molar-refractivity contribution in [3.63, 3.8) is 0 Å². The topological polar surface area (TPSA) is 85.4 Å². The molecular formula is C17H22N6O2S2. The van der Waals surface area contributed by atoms with Gasteiger partial charge in [-0.3, -0.25) is 10.00 Å². The number of pyridine rings is 1. The summed E-state index contributed by atoms with van der Waals surface area (Å²) in [7, 11) is -3.09. The van der Waals surface area contributed by atoms with Crippen molar-refractivity contribution in [2.45, 2.75) is 6.54 Å². The molecular weight excluding hydrogens is 384 g/mol. The fraction of sp³-hybridized carbons (Fsp3) is 0.412. The van der Waals surface area contributed by atoms with Crippen LogP contribution in [0.15, 0.2) is 36.9 Å². The SMILES string of the molecule is CS(=O)(=O)N1CCN(Cc2ccnc(N3C=C(c4cn[nH]c4)SC3)c2)CC1. The predicted octanol–water partition coefficient (Wildman–Crippen LogP) is 1.39. The number of rotatable bonds is 5. The van der Waals surface area contributed by atoms with Crippen molar-refractivity contribution in [1.82, 2.24) is 24.4 Å². The fourth-order valence-corrected chi connectivity index (χ4v) is 5.02. The van der Waals surface area contributed by atoms with Gasteiger partial charge in [-0.15, -0.1) is 11.8 Å².